The summed E-state index contributed by atoms with van der Waals surface area (Å²) in [6, 6.07) is 0. The summed E-state index contributed by atoms with van der Waals surface area (Å²) >= 11 is 0. The van der Waals surface area contributed by atoms with E-state index in [9.17, 15) is 14.7 Å². The van der Waals surface area contributed by atoms with Crippen LogP contribution >= 0.6 is 0 Å². The third-order valence-electron chi connectivity index (χ3n) is 6.23. The van der Waals surface area contributed by atoms with Crippen molar-refractivity contribution in [3.63, 3.8) is 0 Å². The first-order chi connectivity index (χ1) is 12.6. The fraction of sp³-hybridized carbons (Fsp3) is 0.714. The van der Waals surface area contributed by atoms with Crippen LogP contribution in [0, 0.1) is 5.92 Å². The van der Waals surface area contributed by atoms with E-state index in [1.807, 2.05) is 20.8 Å². The predicted molar refractivity (Wildman–Crippen MR) is 98.8 cm³/mol. The molecule has 6 atom stereocenters. The lowest BCUT2D eigenvalue weighted by Gasteiger charge is -2.27. The maximum absolute atomic E-state index is 12.4. The van der Waals surface area contributed by atoms with Gasteiger partial charge < -0.3 is 19.3 Å². The van der Waals surface area contributed by atoms with Crippen LogP contribution in [0.15, 0.2) is 23.8 Å². The van der Waals surface area contributed by atoms with Crippen LogP contribution in [0.4, 0.5) is 0 Å². The second-order valence-electron chi connectivity index (χ2n) is 8.58. The average Bonchev–Trinajstić information content (AvgIpc) is 3.17. The topological polar surface area (TPSA) is 85.4 Å². The standard InChI is InChI=1S/C21H30O6/c1-6-20(4,24)11-16(22)25-15-10-14-13(3)19(23)26-17(14)18-21(5,27-18)9-7-8-12(15)2/h8,14-15,17-18,24H,3,6-7,9-11H2,1-2,4-5H3/b12-8+/t14-,15+,17+,18+,20?,21-/m0/s1. The summed E-state index contributed by atoms with van der Waals surface area (Å²) < 4.78 is 17.2. The number of fused-ring (bicyclic) bond motifs is 3. The van der Waals surface area contributed by atoms with E-state index >= 15 is 0 Å². The zero-order valence-electron chi connectivity index (χ0n) is 16.6. The number of aliphatic hydroxyl groups is 1. The van der Waals surface area contributed by atoms with Gasteiger partial charge in [0.1, 0.15) is 18.3 Å². The molecule has 0 aromatic heterocycles. The molecule has 1 aliphatic carbocycles. The smallest absolute Gasteiger partial charge is 0.334 e. The molecule has 2 aliphatic heterocycles. The minimum Gasteiger partial charge on any atom is -0.458 e. The number of hydrogen-bond acceptors (Lipinski definition) is 6. The van der Waals surface area contributed by atoms with Crippen LogP contribution < -0.4 is 0 Å². The number of hydrogen-bond donors (Lipinski definition) is 1. The van der Waals surface area contributed by atoms with Crippen molar-refractivity contribution >= 4 is 11.9 Å². The van der Waals surface area contributed by atoms with Crippen molar-refractivity contribution in [1.82, 2.24) is 0 Å². The van der Waals surface area contributed by atoms with Crippen molar-refractivity contribution in [3.8, 4) is 0 Å². The number of allylic oxidation sites excluding steroid dienone is 1. The zero-order valence-corrected chi connectivity index (χ0v) is 16.6. The highest BCUT2D eigenvalue weighted by atomic mass is 16.6. The molecular formula is C21H30O6. The molecule has 27 heavy (non-hydrogen) atoms. The molecule has 0 bridgehead atoms. The molecule has 0 saturated carbocycles. The Labute approximate surface area is 160 Å². The monoisotopic (exact) mass is 378 g/mol. The quantitative estimate of drug-likeness (QED) is 0.350. The third kappa shape index (κ3) is 4.11. The highest BCUT2D eigenvalue weighted by Crippen LogP contribution is 2.50. The molecule has 6 heteroatoms. The molecule has 3 rings (SSSR count). The Morgan fingerprint density at radius 3 is 2.89 bits per heavy atom. The maximum Gasteiger partial charge on any atom is 0.334 e. The number of rotatable bonds is 4. The Morgan fingerprint density at radius 1 is 1.52 bits per heavy atom. The fourth-order valence-corrected chi connectivity index (χ4v) is 3.96. The fourth-order valence-electron chi connectivity index (χ4n) is 3.96. The summed E-state index contributed by atoms with van der Waals surface area (Å²) in [4.78, 5) is 24.5. The van der Waals surface area contributed by atoms with Gasteiger partial charge in [-0.15, -0.1) is 0 Å². The van der Waals surface area contributed by atoms with Gasteiger partial charge in [0, 0.05) is 11.5 Å². The molecule has 2 saturated heterocycles. The summed E-state index contributed by atoms with van der Waals surface area (Å²) in [5.74, 6) is -1.10. The molecule has 0 aromatic carbocycles. The van der Waals surface area contributed by atoms with Crippen molar-refractivity contribution in [3.05, 3.63) is 23.8 Å². The van der Waals surface area contributed by atoms with Crippen LogP contribution in [0.5, 0.6) is 0 Å². The molecule has 1 unspecified atom stereocenters. The van der Waals surface area contributed by atoms with Gasteiger partial charge >= 0.3 is 11.9 Å². The Bertz CT molecular complexity index is 678. The zero-order chi connectivity index (χ0) is 20.0. The lowest BCUT2D eigenvalue weighted by molar-refractivity contribution is -0.153. The molecule has 0 aromatic rings. The van der Waals surface area contributed by atoms with Crippen molar-refractivity contribution in [2.75, 3.05) is 0 Å². The first kappa shape index (κ1) is 20.1. The van der Waals surface area contributed by atoms with Crippen molar-refractivity contribution < 1.29 is 28.9 Å². The second-order valence-corrected chi connectivity index (χ2v) is 8.58. The molecule has 0 spiro atoms. The van der Waals surface area contributed by atoms with Crippen LogP contribution in [-0.2, 0) is 23.8 Å². The highest BCUT2D eigenvalue weighted by molar-refractivity contribution is 5.91. The minimum atomic E-state index is -1.09. The van der Waals surface area contributed by atoms with Crippen LogP contribution in [-0.4, -0.2) is 46.6 Å². The minimum absolute atomic E-state index is 0.0679. The molecule has 6 nitrogen and oxygen atoms in total. The van der Waals surface area contributed by atoms with Crippen LogP contribution in [0.3, 0.4) is 0 Å². The van der Waals surface area contributed by atoms with E-state index in [2.05, 4.69) is 12.7 Å². The van der Waals surface area contributed by atoms with E-state index in [1.165, 1.54) is 0 Å². The summed E-state index contributed by atoms with van der Waals surface area (Å²) in [6.45, 7) is 11.3. The molecular weight excluding hydrogens is 348 g/mol. The lowest BCUT2D eigenvalue weighted by atomic mass is 9.83. The Hall–Kier alpha value is -1.66. The van der Waals surface area contributed by atoms with Crippen LogP contribution in [0.1, 0.15) is 59.8 Å². The van der Waals surface area contributed by atoms with Gasteiger partial charge in [0.15, 0.2) is 0 Å². The Morgan fingerprint density at radius 2 is 2.22 bits per heavy atom. The summed E-state index contributed by atoms with van der Waals surface area (Å²) in [7, 11) is 0. The number of epoxide rings is 1. The van der Waals surface area contributed by atoms with Crippen LogP contribution in [0.25, 0.3) is 0 Å². The number of esters is 2. The van der Waals surface area contributed by atoms with E-state index < -0.39 is 23.6 Å². The van der Waals surface area contributed by atoms with E-state index in [0.29, 0.717) is 18.4 Å². The molecule has 0 amide bonds. The van der Waals surface area contributed by atoms with Gasteiger partial charge in [-0.2, -0.15) is 0 Å². The summed E-state index contributed by atoms with van der Waals surface area (Å²) in [5, 5.41) is 10.2. The third-order valence-corrected chi connectivity index (χ3v) is 6.23. The van der Waals surface area contributed by atoms with Gasteiger partial charge in [0.2, 0.25) is 0 Å². The molecule has 2 fully saturated rings. The summed E-state index contributed by atoms with van der Waals surface area (Å²) in [5.41, 5.74) is -0.0261. The van der Waals surface area contributed by atoms with E-state index in [4.69, 9.17) is 14.2 Å². The molecule has 150 valence electrons. The maximum atomic E-state index is 12.4. The van der Waals surface area contributed by atoms with Gasteiger partial charge in [-0.1, -0.05) is 19.6 Å². The van der Waals surface area contributed by atoms with Gasteiger partial charge in [0.05, 0.1) is 17.6 Å². The first-order valence-corrected chi connectivity index (χ1v) is 9.72. The Balaban J connectivity index is 1.80. The predicted octanol–water partition coefficient (Wildman–Crippen LogP) is 2.83. The van der Waals surface area contributed by atoms with E-state index in [1.54, 1.807) is 6.92 Å². The molecule has 1 N–H and O–H groups in total. The number of ether oxygens (including phenoxy) is 3. The van der Waals surface area contributed by atoms with E-state index in [-0.39, 0.29) is 30.1 Å². The van der Waals surface area contributed by atoms with Gasteiger partial charge in [0.25, 0.3) is 0 Å². The normalized spacial score (nSPS) is 40.0. The molecule has 3 aliphatic rings. The SMILES string of the molecule is C=C1C(=O)O[C@H]2[C@H]3O[C@@]3(C)CC/C=C(\C)[C@H](OC(=O)CC(C)(O)CC)C[C@@H]12. The van der Waals surface area contributed by atoms with Crippen molar-refractivity contribution in [1.29, 1.82) is 0 Å². The van der Waals surface area contributed by atoms with Gasteiger partial charge in [-0.05, 0) is 52.0 Å². The lowest BCUT2D eigenvalue weighted by Crippen LogP contribution is -2.34. The number of carbonyl (C=O) groups excluding carboxylic acids is 2. The largest absolute Gasteiger partial charge is 0.458 e. The van der Waals surface area contributed by atoms with Gasteiger partial charge in [-0.3, -0.25) is 4.79 Å². The van der Waals surface area contributed by atoms with Crippen molar-refractivity contribution in [2.45, 2.75) is 89.3 Å². The highest BCUT2D eigenvalue weighted by Gasteiger charge is 2.61. The Kier molecular flexibility index (Phi) is 5.25. The molecule has 0 radical (unpaired) electrons. The van der Waals surface area contributed by atoms with Gasteiger partial charge in [-0.25, -0.2) is 4.79 Å². The second kappa shape index (κ2) is 7.06. The first-order valence-electron chi connectivity index (χ1n) is 9.72. The summed E-state index contributed by atoms with van der Waals surface area (Å²) in [6.07, 6.45) is 3.49. The van der Waals surface area contributed by atoms with Crippen molar-refractivity contribution in [2.24, 2.45) is 5.92 Å². The van der Waals surface area contributed by atoms with E-state index in [0.717, 1.165) is 18.4 Å². The average molecular weight is 378 g/mol. The molecule has 2 heterocycles. The van der Waals surface area contributed by atoms with Crippen LogP contribution in [0.2, 0.25) is 0 Å². The number of carbonyl (C=O) groups is 2.